The number of aliphatic hydroxyl groups is 1. The van der Waals surface area contributed by atoms with Crippen molar-refractivity contribution in [3.05, 3.63) is 111 Å². The Balaban J connectivity index is 1.05. The number of aliphatic carboxylic acids is 2. The van der Waals surface area contributed by atoms with Gasteiger partial charge in [-0.25, -0.2) is 34.9 Å². The van der Waals surface area contributed by atoms with Gasteiger partial charge in [-0.05, 0) is 49.8 Å². The van der Waals surface area contributed by atoms with Gasteiger partial charge in [0.2, 0.25) is 17.7 Å². The molecule has 0 spiro atoms. The summed E-state index contributed by atoms with van der Waals surface area (Å²) in [5, 5.41) is 54.0. The average molecular weight is 1290 g/mol. The fourth-order valence-corrected chi connectivity index (χ4v) is 15.3. The number of thiazole rings is 6. The van der Waals surface area contributed by atoms with Gasteiger partial charge in [0.1, 0.15) is 88.7 Å². The van der Waals surface area contributed by atoms with E-state index in [9.17, 15) is 53.7 Å². The fourth-order valence-electron chi connectivity index (χ4n) is 9.76. The number of benzene rings is 1. The maximum atomic E-state index is 14.4. The standard InChI is InChI=1S/C56H55N13O12S6/c1-24(2)40-54-68-43(35(87-54)19-81-5)47(76)58-17-38(71)65-44(45(74)26-9-7-6-8-10-26)53-63-34(22-84-53)51-61-32(20-83-51)42-29(49-62-33(21-82-49)46(75)60-31(16-37(70)57-4)52-67-41(25(3)86-52)48(77)66-40)13-14-30(59-42)50-64-36(23-85-50)69(18-39(72)73)55(78)27-11-12-28(15-27)56(79)80/h6-10,13-14,20-24,27-28,31,40,44-45,74H,11-12,15-19H2,1-5H3,(H,57,70)(H,58,76)(H,60,75)(H,65,71)(H,66,77)(H,72,73)(H,79,80)/t27-,28-,31+,40?,44+,45+/m1/s1. The van der Waals surface area contributed by atoms with Crippen molar-refractivity contribution in [1.29, 1.82) is 0 Å². The van der Waals surface area contributed by atoms with Crippen molar-refractivity contribution in [2.45, 2.75) is 77.3 Å². The minimum atomic E-state index is -1.31. The minimum Gasteiger partial charge on any atom is -0.481 e. The number of hydrogen-bond acceptors (Lipinski definition) is 23. The smallest absolute Gasteiger partial charge is 0.323 e. The van der Waals surface area contributed by atoms with Crippen LogP contribution >= 0.6 is 68.0 Å². The summed E-state index contributed by atoms with van der Waals surface area (Å²) in [6, 6.07) is 9.13. The van der Waals surface area contributed by atoms with Crippen LogP contribution in [0.5, 0.6) is 0 Å². The van der Waals surface area contributed by atoms with Crippen LogP contribution in [0.3, 0.4) is 0 Å². The van der Waals surface area contributed by atoms with Crippen molar-refractivity contribution in [3.63, 3.8) is 0 Å². The molecule has 0 saturated heterocycles. The van der Waals surface area contributed by atoms with Crippen molar-refractivity contribution in [1.82, 2.24) is 61.5 Å². The van der Waals surface area contributed by atoms with Crippen LogP contribution in [-0.2, 0) is 35.3 Å². The van der Waals surface area contributed by atoms with E-state index in [1.807, 2.05) is 13.8 Å². The van der Waals surface area contributed by atoms with E-state index in [1.54, 1.807) is 60.1 Å². The number of aliphatic hydroxyl groups excluding tert-OH is 1. The molecule has 2 aliphatic rings. The Morgan fingerprint density at radius 3 is 2.13 bits per heavy atom. The second-order valence-corrected chi connectivity index (χ2v) is 26.3. The Hall–Kier alpha value is -8.17. The highest BCUT2D eigenvalue weighted by Crippen LogP contribution is 2.41. The van der Waals surface area contributed by atoms with E-state index in [2.05, 4.69) is 41.5 Å². The number of carbonyl (C=O) groups excluding carboxylic acids is 6. The number of nitrogens with one attached hydrogen (secondary N) is 5. The van der Waals surface area contributed by atoms with Crippen LogP contribution in [0.25, 0.3) is 43.4 Å². The molecule has 10 bridgehead atoms. The van der Waals surface area contributed by atoms with Gasteiger partial charge < -0.3 is 46.6 Å². The third-order valence-electron chi connectivity index (χ3n) is 14.2. The number of rotatable bonds is 13. The van der Waals surface area contributed by atoms with Crippen LogP contribution in [0.4, 0.5) is 5.82 Å². The first-order valence-corrected chi connectivity index (χ1v) is 32.1. The Morgan fingerprint density at radius 1 is 0.701 bits per heavy atom. The highest BCUT2D eigenvalue weighted by Gasteiger charge is 2.38. The molecule has 1 aliphatic heterocycles. The van der Waals surface area contributed by atoms with Crippen molar-refractivity contribution in [2.75, 3.05) is 32.1 Å². The van der Waals surface area contributed by atoms with Gasteiger partial charge in [-0.1, -0.05) is 44.2 Å². The Labute approximate surface area is 519 Å². The van der Waals surface area contributed by atoms with E-state index in [1.165, 1.54) is 36.3 Å². The molecule has 8 aromatic rings. The molecule has 8 N–H and O–H groups in total. The normalized spacial score (nSPS) is 18.7. The first-order chi connectivity index (χ1) is 41.8. The fraction of sp³-hybridized carbons (Fsp3) is 0.339. The number of methoxy groups -OCH3 is 1. The lowest BCUT2D eigenvalue weighted by atomic mass is 10.0. The molecule has 6 amide bonds. The number of carboxylic acids is 2. The summed E-state index contributed by atoms with van der Waals surface area (Å²) < 4.78 is 5.44. The van der Waals surface area contributed by atoms with Gasteiger partial charge in [-0.2, -0.15) is 0 Å². The first-order valence-electron chi connectivity index (χ1n) is 27.0. The van der Waals surface area contributed by atoms with Crippen molar-refractivity contribution in [3.8, 4) is 43.4 Å². The number of anilines is 1. The zero-order chi connectivity index (χ0) is 61.8. The van der Waals surface area contributed by atoms with E-state index in [4.69, 9.17) is 24.7 Å². The van der Waals surface area contributed by atoms with Gasteiger partial charge >= 0.3 is 11.9 Å². The second kappa shape index (κ2) is 26.8. The van der Waals surface area contributed by atoms with Crippen molar-refractivity contribution < 1.29 is 58.4 Å². The number of amides is 6. The molecular weight excluding hydrogens is 1240 g/mol. The Kier molecular flexibility index (Phi) is 19.1. The van der Waals surface area contributed by atoms with E-state index in [0.717, 1.165) is 61.6 Å². The Morgan fingerprint density at radius 2 is 1.40 bits per heavy atom. The van der Waals surface area contributed by atoms with Crippen LogP contribution in [0.2, 0.25) is 0 Å². The van der Waals surface area contributed by atoms with Crippen LogP contribution in [0.15, 0.2) is 64.0 Å². The zero-order valence-electron chi connectivity index (χ0n) is 46.9. The molecule has 6 atom stereocenters. The molecule has 1 unspecified atom stereocenters. The maximum Gasteiger partial charge on any atom is 0.323 e. The summed E-state index contributed by atoms with van der Waals surface area (Å²) in [6.07, 6.45) is -0.952. The summed E-state index contributed by atoms with van der Waals surface area (Å²) in [6.45, 7) is 4.15. The highest BCUT2D eigenvalue weighted by molar-refractivity contribution is 7.15. The maximum absolute atomic E-state index is 14.4. The van der Waals surface area contributed by atoms with Gasteiger partial charge in [0, 0.05) is 52.0 Å². The molecule has 8 heterocycles. The lowest BCUT2D eigenvalue weighted by molar-refractivity contribution is -0.142. The summed E-state index contributed by atoms with van der Waals surface area (Å²) >= 11 is 6.85. The number of carbonyl (C=O) groups is 8. The number of fused-ring (bicyclic) bond motifs is 14. The van der Waals surface area contributed by atoms with Crippen LogP contribution in [-0.4, -0.2) is 125 Å². The van der Waals surface area contributed by atoms with Crippen molar-refractivity contribution in [2.24, 2.45) is 17.8 Å². The lowest BCUT2D eigenvalue weighted by Gasteiger charge is -2.23. The van der Waals surface area contributed by atoms with E-state index < -0.39 is 96.5 Å². The predicted octanol–water partition coefficient (Wildman–Crippen LogP) is 7.23. The molecular formula is C56H55N13O12S6. The zero-order valence-corrected chi connectivity index (χ0v) is 51.8. The Bertz CT molecular complexity index is 3930. The average Bonchev–Trinajstić information content (AvgIpc) is 4.47. The van der Waals surface area contributed by atoms with E-state index in [-0.39, 0.29) is 71.8 Å². The lowest BCUT2D eigenvalue weighted by Crippen LogP contribution is -2.40. The van der Waals surface area contributed by atoms with Gasteiger partial charge in [-0.15, -0.1) is 68.0 Å². The summed E-state index contributed by atoms with van der Waals surface area (Å²) in [5.41, 5.74) is 2.16. The molecule has 7 aromatic heterocycles. The molecule has 1 aliphatic carbocycles. The molecule has 452 valence electrons. The predicted molar refractivity (Wildman–Crippen MR) is 325 cm³/mol. The molecule has 31 heteroatoms. The summed E-state index contributed by atoms with van der Waals surface area (Å²) in [7, 11) is 2.91. The van der Waals surface area contributed by atoms with Crippen LogP contribution < -0.4 is 31.5 Å². The molecule has 1 fully saturated rings. The van der Waals surface area contributed by atoms with Crippen LogP contribution in [0, 0.1) is 24.7 Å². The van der Waals surface area contributed by atoms with Crippen molar-refractivity contribution >= 4 is 121 Å². The van der Waals surface area contributed by atoms with Gasteiger partial charge in [-0.3, -0.25) is 43.3 Å². The molecule has 1 saturated carbocycles. The molecule has 10 rings (SSSR count). The molecule has 1 aromatic carbocycles. The number of hydrogen-bond donors (Lipinski definition) is 8. The monoisotopic (exact) mass is 1290 g/mol. The molecule has 87 heavy (non-hydrogen) atoms. The largest absolute Gasteiger partial charge is 0.481 e. The number of nitrogens with zero attached hydrogens (tertiary/aromatic N) is 8. The highest BCUT2D eigenvalue weighted by atomic mass is 32.1. The number of pyridine rings is 1. The quantitative estimate of drug-likeness (QED) is 0.0564. The first kappa shape index (κ1) is 61.9. The van der Waals surface area contributed by atoms with E-state index in [0.29, 0.717) is 63.0 Å². The van der Waals surface area contributed by atoms with Gasteiger partial charge in [0.15, 0.2) is 0 Å². The SMILES string of the molecule is CNC(=O)C[C@@H]1NC(=O)c2csc(n2)-c2ccc(-c3nc(N(CC(=O)O)C(=O)[C@@H]4CC[C@@H](C(=O)O)C4)cs3)nc2-c2csc(n2)-c2csc(n2)[C@H]([C@@H](O)c2ccccc2)NC(=O)CNC(=O)c2nc(sc2COC)C(C(C)C)NC(=O)c2nc1sc2C. The number of aryl methyl sites for hydroxylation is 1. The summed E-state index contributed by atoms with van der Waals surface area (Å²) in [4.78, 5) is 143. The molecule has 0 radical (unpaired) electrons. The summed E-state index contributed by atoms with van der Waals surface area (Å²) in [5.74, 6) is -7.59. The topological polar surface area (TPSA) is 360 Å². The number of carboxylic acid groups (broad SMARTS) is 2. The van der Waals surface area contributed by atoms with Gasteiger partial charge in [0.05, 0.1) is 48.1 Å². The van der Waals surface area contributed by atoms with E-state index >= 15 is 0 Å². The number of ether oxygens (including phenoxy) is 1. The van der Waals surface area contributed by atoms with Crippen LogP contribution in [0.1, 0.15) is 126 Å². The van der Waals surface area contributed by atoms with Gasteiger partial charge in [0.25, 0.3) is 17.7 Å². The number of aromatic nitrogens is 7. The third-order valence-corrected chi connectivity index (χ3v) is 19.9. The molecule has 25 nitrogen and oxygen atoms in total. The second-order valence-electron chi connectivity index (χ2n) is 20.5. The third kappa shape index (κ3) is 13.8. The minimum absolute atomic E-state index is 0.0155.